The van der Waals surface area contributed by atoms with E-state index in [4.69, 9.17) is 9.47 Å². The Hall–Kier alpha value is -0.760. The van der Waals surface area contributed by atoms with Gasteiger partial charge in [0.2, 0.25) is 0 Å². The van der Waals surface area contributed by atoms with Crippen molar-refractivity contribution < 1.29 is 24.8 Å². The number of rotatable bonds is 1. The number of allylic oxidation sites excluding steroid dienone is 1. The molecule has 0 amide bonds. The molecule has 3 N–H and O–H groups in total. The first kappa shape index (κ1) is 19.9. The minimum Gasteiger partial charge on any atom is -0.390 e. The topological polar surface area (TPSA) is 82.4 Å². The van der Waals surface area contributed by atoms with Crippen LogP contribution >= 0.6 is 0 Å². The summed E-state index contributed by atoms with van der Waals surface area (Å²) in [5.74, 6) is -0.869. The van der Waals surface area contributed by atoms with E-state index < -0.39 is 34.6 Å². The van der Waals surface area contributed by atoms with Gasteiger partial charge in [-0.15, -0.1) is 0 Å². The summed E-state index contributed by atoms with van der Waals surface area (Å²) in [6, 6.07) is 0. The zero-order valence-corrected chi connectivity index (χ0v) is 18.4. The van der Waals surface area contributed by atoms with Crippen LogP contribution in [0.25, 0.3) is 0 Å². The lowest BCUT2D eigenvalue weighted by Crippen LogP contribution is -2.79. The molecule has 6 heteroatoms. The molecule has 0 radical (unpaired) electrons. The number of aliphatic hydroxyl groups is 3. The van der Waals surface area contributed by atoms with Crippen molar-refractivity contribution in [1.29, 1.82) is 0 Å². The molecular weight excluding hydrogens is 382 g/mol. The maximum atomic E-state index is 11.9. The van der Waals surface area contributed by atoms with Gasteiger partial charge in [0.1, 0.15) is 11.2 Å². The zero-order chi connectivity index (χ0) is 21.2. The highest BCUT2D eigenvalue weighted by atomic mass is 16.7. The molecule has 0 aromatic carbocycles. The van der Waals surface area contributed by atoms with Crippen LogP contribution in [0.1, 0.15) is 52.4 Å². The van der Waals surface area contributed by atoms with Gasteiger partial charge in [0.15, 0.2) is 5.79 Å². The third kappa shape index (κ3) is 1.98. The van der Waals surface area contributed by atoms with Crippen LogP contribution in [0, 0.1) is 16.7 Å². The summed E-state index contributed by atoms with van der Waals surface area (Å²) >= 11 is 0. The third-order valence-corrected chi connectivity index (χ3v) is 9.90. The van der Waals surface area contributed by atoms with Gasteiger partial charge in [-0.1, -0.05) is 19.1 Å². The molecule has 4 unspecified atom stereocenters. The summed E-state index contributed by atoms with van der Waals surface area (Å²) in [5.41, 5.74) is -0.252. The maximum absolute atomic E-state index is 11.9. The first-order valence-corrected chi connectivity index (χ1v) is 11.7. The second kappa shape index (κ2) is 5.77. The molecule has 8 atom stereocenters. The van der Waals surface area contributed by atoms with Gasteiger partial charge in [-0.3, -0.25) is 0 Å². The molecule has 0 aromatic rings. The van der Waals surface area contributed by atoms with Crippen LogP contribution in [0.4, 0.5) is 0 Å². The van der Waals surface area contributed by atoms with E-state index in [1.165, 1.54) is 0 Å². The molecular formula is C24H35NO5. The first-order valence-electron chi connectivity index (χ1n) is 11.7. The van der Waals surface area contributed by atoms with Crippen molar-refractivity contribution in [2.24, 2.45) is 16.7 Å². The van der Waals surface area contributed by atoms with Gasteiger partial charge in [0.25, 0.3) is 0 Å². The normalized spacial score (nSPS) is 55.7. The SMILES string of the molecule is CC(O)C1=CC[C@@]23OCCN(C)CC12CC(O)C12O[C@@]4(O)CC[C@@]1(C)[C@H](CC=C23)C4. The van der Waals surface area contributed by atoms with Gasteiger partial charge in [0, 0.05) is 36.8 Å². The van der Waals surface area contributed by atoms with Crippen molar-refractivity contribution in [3.8, 4) is 0 Å². The van der Waals surface area contributed by atoms with Gasteiger partial charge >= 0.3 is 0 Å². The average molecular weight is 418 g/mol. The standard InChI is InChI=1S/C24H35NO5/c1-15(26)17-6-7-23-18-5-4-16-12-22(28)9-8-20(16,2)24(18,30-22)19(27)13-21(17,23)14-25(3)10-11-29-23/h5-6,15-16,19,26-28H,4,7-14H2,1-3H3/t15?,16-,19?,20+,21?,22+,23+,24?/m1/s1. The van der Waals surface area contributed by atoms with E-state index in [0.29, 0.717) is 38.2 Å². The Bertz CT molecular complexity index is 855. The summed E-state index contributed by atoms with van der Waals surface area (Å²) in [5, 5.41) is 33.9. The lowest BCUT2D eigenvalue weighted by Gasteiger charge is -2.73. The highest BCUT2D eigenvalue weighted by Crippen LogP contribution is 2.74. The van der Waals surface area contributed by atoms with Crippen molar-refractivity contribution in [2.45, 2.75) is 81.6 Å². The number of ether oxygens (including phenoxy) is 2. The van der Waals surface area contributed by atoms with Crippen LogP contribution in [0.2, 0.25) is 0 Å². The number of aliphatic hydroxyl groups excluding tert-OH is 2. The molecule has 2 saturated carbocycles. The smallest absolute Gasteiger partial charge is 0.167 e. The summed E-state index contributed by atoms with van der Waals surface area (Å²) < 4.78 is 13.4. The maximum Gasteiger partial charge on any atom is 0.167 e. The fourth-order valence-corrected chi connectivity index (χ4v) is 8.63. The van der Waals surface area contributed by atoms with Crippen LogP contribution in [-0.4, -0.2) is 76.2 Å². The predicted octanol–water partition coefficient (Wildman–Crippen LogP) is 1.74. The van der Waals surface area contributed by atoms with Crippen molar-refractivity contribution in [1.82, 2.24) is 4.90 Å². The van der Waals surface area contributed by atoms with Gasteiger partial charge in [-0.25, -0.2) is 0 Å². The fraction of sp³-hybridized carbons (Fsp3) is 0.833. The van der Waals surface area contributed by atoms with E-state index >= 15 is 0 Å². The second-order valence-electron chi connectivity index (χ2n) is 11.2. The van der Waals surface area contributed by atoms with Crippen LogP contribution in [0.15, 0.2) is 23.3 Å². The Morgan fingerprint density at radius 2 is 2.03 bits per heavy atom. The fourth-order valence-electron chi connectivity index (χ4n) is 8.63. The highest BCUT2D eigenvalue weighted by molar-refractivity contribution is 5.52. The summed E-state index contributed by atoms with van der Waals surface area (Å²) in [6.45, 7) is 6.24. The third-order valence-electron chi connectivity index (χ3n) is 9.90. The lowest BCUT2D eigenvalue weighted by atomic mass is 9.41. The van der Waals surface area contributed by atoms with Gasteiger partial charge in [-0.05, 0) is 56.7 Å². The summed E-state index contributed by atoms with van der Waals surface area (Å²) in [4.78, 5) is 2.27. The molecule has 7 aliphatic rings. The Morgan fingerprint density at radius 3 is 2.80 bits per heavy atom. The van der Waals surface area contributed by atoms with Crippen LogP contribution in [0.3, 0.4) is 0 Å². The molecule has 166 valence electrons. The molecule has 1 spiro atoms. The van der Waals surface area contributed by atoms with E-state index in [0.717, 1.165) is 37.1 Å². The number of fused-ring (bicyclic) bond motifs is 1. The lowest BCUT2D eigenvalue weighted by molar-refractivity contribution is -0.401. The zero-order valence-electron chi connectivity index (χ0n) is 18.4. The van der Waals surface area contributed by atoms with Crippen LogP contribution in [-0.2, 0) is 9.47 Å². The molecule has 3 saturated heterocycles. The molecule has 3 heterocycles. The summed E-state index contributed by atoms with van der Waals surface area (Å²) in [6.07, 6.45) is 7.24. The van der Waals surface area contributed by atoms with Gasteiger partial charge in [-0.2, -0.15) is 0 Å². The monoisotopic (exact) mass is 417 g/mol. The van der Waals surface area contributed by atoms with E-state index in [1.807, 2.05) is 6.92 Å². The van der Waals surface area contributed by atoms with Crippen molar-refractivity contribution in [3.63, 3.8) is 0 Å². The highest BCUT2D eigenvalue weighted by Gasteiger charge is 2.79. The van der Waals surface area contributed by atoms with E-state index in [9.17, 15) is 15.3 Å². The number of hydrogen-bond donors (Lipinski definition) is 3. The van der Waals surface area contributed by atoms with Gasteiger partial charge < -0.3 is 29.7 Å². The number of nitrogens with zero attached hydrogens (tertiary/aromatic N) is 1. The van der Waals surface area contributed by atoms with Gasteiger partial charge in [0.05, 0.1) is 18.8 Å². The molecule has 6 nitrogen and oxygen atoms in total. The minimum atomic E-state index is -1.17. The van der Waals surface area contributed by atoms with Crippen molar-refractivity contribution in [2.75, 3.05) is 26.7 Å². The van der Waals surface area contributed by atoms with E-state index in [2.05, 4.69) is 31.0 Å². The van der Waals surface area contributed by atoms with Crippen molar-refractivity contribution in [3.05, 3.63) is 23.3 Å². The molecule has 7 rings (SSSR count). The Kier molecular flexibility index (Phi) is 3.83. The van der Waals surface area contributed by atoms with Crippen LogP contribution < -0.4 is 0 Å². The predicted molar refractivity (Wildman–Crippen MR) is 111 cm³/mol. The largest absolute Gasteiger partial charge is 0.390 e. The average Bonchev–Trinajstić information content (AvgIpc) is 2.88. The molecule has 0 aromatic heterocycles. The quantitative estimate of drug-likeness (QED) is 0.564. The van der Waals surface area contributed by atoms with Crippen molar-refractivity contribution >= 4 is 0 Å². The van der Waals surface area contributed by atoms with E-state index in [1.54, 1.807) is 0 Å². The molecule has 5 fully saturated rings. The second-order valence-corrected chi connectivity index (χ2v) is 11.2. The Balaban J connectivity index is 1.60. The molecule has 4 aliphatic carbocycles. The first-order chi connectivity index (χ1) is 14.1. The molecule has 30 heavy (non-hydrogen) atoms. The summed E-state index contributed by atoms with van der Waals surface area (Å²) in [7, 11) is 2.09. The van der Waals surface area contributed by atoms with E-state index in [-0.39, 0.29) is 5.41 Å². The van der Waals surface area contributed by atoms with Crippen LogP contribution in [0.5, 0.6) is 0 Å². The number of hydrogen-bond acceptors (Lipinski definition) is 6. The molecule has 3 aliphatic heterocycles. The molecule has 4 bridgehead atoms. The Morgan fingerprint density at radius 1 is 1.23 bits per heavy atom. The Labute approximate surface area is 178 Å². The minimum absolute atomic E-state index is 0.225. The number of likely N-dealkylation sites (N-methyl/N-ethyl adjacent to an activating group) is 1.